The lowest BCUT2D eigenvalue weighted by atomic mass is 9.96. The number of thiocarbonyl (C=S) groups is 1. The predicted octanol–water partition coefficient (Wildman–Crippen LogP) is 2.03. The number of anilines is 1. The maximum atomic E-state index is 12.3. The molecular formula is C14H18ClN3OS. The maximum Gasteiger partial charge on any atom is 0.247 e. The van der Waals surface area contributed by atoms with Crippen molar-refractivity contribution in [3.05, 3.63) is 28.8 Å². The molecule has 0 saturated carbocycles. The molecule has 1 amide bonds. The Labute approximate surface area is 129 Å². The topological polar surface area (TPSA) is 49.6 Å². The SMILES string of the molecule is CN1CCN(c2ccc(C(N)=S)cc2Cl)C(C)(C)C1=O. The van der Waals surface area contributed by atoms with Crippen LogP contribution in [0.1, 0.15) is 19.4 Å². The minimum absolute atomic E-state index is 0.0817. The molecule has 0 unspecified atom stereocenters. The molecule has 1 aliphatic heterocycles. The molecule has 1 fully saturated rings. The van der Waals surface area contributed by atoms with Gasteiger partial charge in [-0.3, -0.25) is 4.79 Å². The number of halogens is 1. The molecule has 0 radical (unpaired) electrons. The lowest BCUT2D eigenvalue weighted by molar-refractivity contribution is -0.136. The van der Waals surface area contributed by atoms with Crippen molar-refractivity contribution in [2.24, 2.45) is 5.73 Å². The fourth-order valence-electron chi connectivity index (χ4n) is 2.51. The summed E-state index contributed by atoms with van der Waals surface area (Å²) in [4.78, 5) is 16.4. The van der Waals surface area contributed by atoms with Crippen LogP contribution in [0.25, 0.3) is 0 Å². The van der Waals surface area contributed by atoms with Crippen molar-refractivity contribution >= 4 is 40.4 Å². The lowest BCUT2D eigenvalue weighted by Gasteiger charge is -2.46. The van der Waals surface area contributed by atoms with Crippen molar-refractivity contribution in [3.63, 3.8) is 0 Å². The number of carbonyl (C=O) groups excluding carboxylic acids is 1. The normalized spacial score (nSPS) is 18.3. The molecule has 1 aromatic rings. The third kappa shape index (κ3) is 2.47. The molecule has 0 atom stereocenters. The van der Waals surface area contributed by atoms with Gasteiger partial charge in [0.15, 0.2) is 0 Å². The van der Waals surface area contributed by atoms with Crippen LogP contribution >= 0.6 is 23.8 Å². The van der Waals surface area contributed by atoms with Crippen molar-refractivity contribution in [1.82, 2.24) is 4.90 Å². The Kier molecular flexibility index (Phi) is 3.93. The number of nitrogens with zero attached hydrogens (tertiary/aromatic N) is 2. The van der Waals surface area contributed by atoms with Crippen LogP contribution < -0.4 is 10.6 Å². The van der Waals surface area contributed by atoms with Crippen LogP contribution in [-0.4, -0.2) is 41.5 Å². The Bertz CT molecular complexity index is 574. The number of likely N-dealkylation sites (N-methyl/N-ethyl adjacent to an activating group) is 1. The lowest BCUT2D eigenvalue weighted by Crippen LogP contribution is -2.62. The molecule has 2 rings (SSSR count). The van der Waals surface area contributed by atoms with Gasteiger partial charge < -0.3 is 15.5 Å². The van der Waals surface area contributed by atoms with Crippen molar-refractivity contribution < 1.29 is 4.79 Å². The Morgan fingerprint density at radius 3 is 2.60 bits per heavy atom. The Morgan fingerprint density at radius 2 is 2.05 bits per heavy atom. The highest BCUT2D eigenvalue weighted by atomic mass is 35.5. The average Bonchev–Trinajstić information content (AvgIpc) is 2.37. The highest BCUT2D eigenvalue weighted by Gasteiger charge is 2.41. The van der Waals surface area contributed by atoms with Crippen LogP contribution in [0.2, 0.25) is 5.02 Å². The van der Waals surface area contributed by atoms with Crippen LogP contribution in [0.3, 0.4) is 0 Å². The van der Waals surface area contributed by atoms with Crippen molar-refractivity contribution in [2.75, 3.05) is 25.0 Å². The zero-order chi connectivity index (χ0) is 15.1. The van der Waals surface area contributed by atoms with E-state index in [2.05, 4.69) is 0 Å². The first kappa shape index (κ1) is 15.1. The summed E-state index contributed by atoms with van der Waals surface area (Å²) >= 11 is 11.3. The van der Waals surface area contributed by atoms with E-state index in [0.717, 1.165) is 17.8 Å². The van der Waals surface area contributed by atoms with E-state index in [9.17, 15) is 4.79 Å². The van der Waals surface area contributed by atoms with Gasteiger partial charge in [0.05, 0.1) is 10.7 Å². The van der Waals surface area contributed by atoms with Gasteiger partial charge >= 0.3 is 0 Å². The minimum atomic E-state index is -0.624. The molecule has 20 heavy (non-hydrogen) atoms. The van der Waals surface area contributed by atoms with Gasteiger partial charge in [-0.05, 0) is 32.0 Å². The molecule has 2 N–H and O–H groups in total. The van der Waals surface area contributed by atoms with Gasteiger partial charge in [0.2, 0.25) is 5.91 Å². The summed E-state index contributed by atoms with van der Waals surface area (Å²) < 4.78 is 0. The molecule has 1 heterocycles. The van der Waals surface area contributed by atoms with Gasteiger partial charge in [-0.25, -0.2) is 0 Å². The van der Waals surface area contributed by atoms with Gasteiger partial charge in [0, 0.05) is 25.7 Å². The van der Waals surface area contributed by atoms with Crippen LogP contribution in [0.5, 0.6) is 0 Å². The van der Waals surface area contributed by atoms with E-state index in [1.54, 1.807) is 11.0 Å². The van der Waals surface area contributed by atoms with Crippen LogP contribution in [0.15, 0.2) is 18.2 Å². The predicted molar refractivity (Wildman–Crippen MR) is 86.4 cm³/mol. The summed E-state index contributed by atoms with van der Waals surface area (Å²) in [6.07, 6.45) is 0. The number of hydrogen-bond donors (Lipinski definition) is 1. The summed E-state index contributed by atoms with van der Waals surface area (Å²) in [5, 5.41) is 0.556. The standard InChI is InChI=1S/C14H18ClN3OS/c1-14(2)13(19)17(3)6-7-18(14)11-5-4-9(12(16)20)8-10(11)15/h4-5,8H,6-7H2,1-3H3,(H2,16,20). The van der Waals surface area contributed by atoms with Gasteiger partial charge in [-0.1, -0.05) is 23.8 Å². The van der Waals surface area contributed by atoms with E-state index < -0.39 is 5.54 Å². The molecule has 1 aromatic carbocycles. The largest absolute Gasteiger partial charge is 0.389 e. The number of amides is 1. The molecule has 6 heteroatoms. The highest BCUT2D eigenvalue weighted by Crippen LogP contribution is 2.34. The molecular weight excluding hydrogens is 294 g/mol. The first-order chi connectivity index (χ1) is 9.25. The number of benzene rings is 1. The average molecular weight is 312 g/mol. The first-order valence-electron chi connectivity index (χ1n) is 6.37. The molecule has 0 bridgehead atoms. The van der Waals surface area contributed by atoms with Crippen molar-refractivity contribution in [2.45, 2.75) is 19.4 Å². The number of carbonyl (C=O) groups is 1. The summed E-state index contributed by atoms with van der Waals surface area (Å²) in [6.45, 7) is 5.22. The fraction of sp³-hybridized carbons (Fsp3) is 0.429. The summed E-state index contributed by atoms with van der Waals surface area (Å²) in [5.74, 6) is 0.0817. The molecule has 4 nitrogen and oxygen atoms in total. The highest BCUT2D eigenvalue weighted by molar-refractivity contribution is 7.80. The van der Waals surface area contributed by atoms with E-state index in [0.29, 0.717) is 16.6 Å². The van der Waals surface area contributed by atoms with Crippen LogP contribution in [0.4, 0.5) is 5.69 Å². The van der Waals surface area contributed by atoms with E-state index in [1.165, 1.54) is 0 Å². The van der Waals surface area contributed by atoms with Gasteiger partial charge in [-0.15, -0.1) is 0 Å². The Morgan fingerprint density at radius 1 is 1.40 bits per heavy atom. The number of hydrogen-bond acceptors (Lipinski definition) is 3. The third-order valence-corrected chi connectivity index (χ3v) is 4.27. The van der Waals surface area contributed by atoms with E-state index in [1.807, 2.05) is 37.9 Å². The van der Waals surface area contributed by atoms with Crippen molar-refractivity contribution in [3.8, 4) is 0 Å². The number of piperazine rings is 1. The van der Waals surface area contributed by atoms with Gasteiger partial charge in [0.25, 0.3) is 0 Å². The van der Waals surface area contributed by atoms with Crippen molar-refractivity contribution in [1.29, 1.82) is 0 Å². The second-order valence-electron chi connectivity index (χ2n) is 5.47. The zero-order valence-electron chi connectivity index (χ0n) is 11.8. The van der Waals surface area contributed by atoms with Gasteiger partial charge in [0.1, 0.15) is 10.5 Å². The van der Waals surface area contributed by atoms with E-state index >= 15 is 0 Å². The molecule has 108 valence electrons. The third-order valence-electron chi connectivity index (χ3n) is 3.73. The number of nitrogens with two attached hydrogens (primary N) is 1. The maximum absolute atomic E-state index is 12.3. The van der Waals surface area contributed by atoms with Crippen LogP contribution in [0, 0.1) is 0 Å². The summed E-state index contributed by atoms with van der Waals surface area (Å²) in [5.41, 5.74) is 6.54. The second kappa shape index (κ2) is 5.22. The molecule has 0 aliphatic carbocycles. The monoisotopic (exact) mass is 311 g/mol. The Hall–Kier alpha value is -1.33. The minimum Gasteiger partial charge on any atom is -0.389 e. The smallest absolute Gasteiger partial charge is 0.247 e. The molecule has 0 aromatic heterocycles. The molecule has 1 saturated heterocycles. The summed E-state index contributed by atoms with van der Waals surface area (Å²) in [6, 6.07) is 5.46. The quantitative estimate of drug-likeness (QED) is 0.849. The summed E-state index contributed by atoms with van der Waals surface area (Å²) in [7, 11) is 1.82. The zero-order valence-corrected chi connectivity index (χ0v) is 13.4. The molecule has 0 spiro atoms. The van der Waals surface area contributed by atoms with Crippen LogP contribution in [-0.2, 0) is 4.79 Å². The second-order valence-corrected chi connectivity index (χ2v) is 6.31. The Balaban J connectivity index is 2.41. The van der Waals surface area contributed by atoms with E-state index in [4.69, 9.17) is 29.6 Å². The first-order valence-corrected chi connectivity index (χ1v) is 7.16. The number of rotatable bonds is 2. The fourth-order valence-corrected chi connectivity index (χ4v) is 2.92. The van der Waals surface area contributed by atoms with Gasteiger partial charge in [-0.2, -0.15) is 0 Å². The molecule has 1 aliphatic rings. The van der Waals surface area contributed by atoms with E-state index in [-0.39, 0.29) is 5.91 Å².